The van der Waals surface area contributed by atoms with E-state index in [0.29, 0.717) is 39.7 Å². The van der Waals surface area contributed by atoms with Crippen LogP contribution in [0.5, 0.6) is 11.6 Å². The molecule has 0 fully saturated rings. The number of hydrogen-bond acceptors (Lipinski definition) is 8. The number of nitrogens with one attached hydrogen (secondary N) is 1. The monoisotopic (exact) mass is 545 g/mol. The van der Waals surface area contributed by atoms with Crippen LogP contribution in [0, 0.1) is 0 Å². The first-order valence-electron chi connectivity index (χ1n) is 10.9. The Kier molecular flexibility index (Phi) is 6.59. The molecule has 0 aliphatic rings. The Morgan fingerprint density at radius 1 is 1.00 bits per heavy atom. The molecule has 10 heteroatoms. The number of halogens is 1. The van der Waals surface area contributed by atoms with Crippen LogP contribution in [0.1, 0.15) is 16.1 Å². The summed E-state index contributed by atoms with van der Waals surface area (Å²) in [6.07, 6.45) is 3.34. The van der Waals surface area contributed by atoms with Crippen molar-refractivity contribution < 1.29 is 18.8 Å². The van der Waals surface area contributed by atoms with Crippen molar-refractivity contribution in [1.82, 2.24) is 25.4 Å². The molecule has 0 radical (unpaired) electrons. The molecular weight excluding hydrogens is 526 g/mol. The fourth-order valence-electron chi connectivity index (χ4n) is 3.76. The van der Waals surface area contributed by atoms with E-state index in [0.717, 1.165) is 15.6 Å². The van der Waals surface area contributed by atoms with E-state index in [9.17, 15) is 4.79 Å². The molecule has 5 aromatic rings. The van der Waals surface area contributed by atoms with E-state index >= 15 is 0 Å². The highest BCUT2D eigenvalue weighted by Gasteiger charge is 2.22. The van der Waals surface area contributed by atoms with Crippen LogP contribution >= 0.6 is 15.9 Å². The van der Waals surface area contributed by atoms with Crippen molar-refractivity contribution in [1.29, 1.82) is 0 Å². The molecule has 0 bridgehead atoms. The smallest absolute Gasteiger partial charge is 0.259 e. The highest BCUT2D eigenvalue weighted by atomic mass is 79.9. The number of pyridine rings is 3. The van der Waals surface area contributed by atoms with Gasteiger partial charge in [-0.15, -0.1) is 0 Å². The van der Waals surface area contributed by atoms with Gasteiger partial charge in [-0.25, -0.2) is 9.97 Å². The second-order valence-electron chi connectivity index (χ2n) is 7.72. The standard InChI is InChI=1S/C26H20BrN5O4/c1-34-21-9-8-18(30-25(21)35-2)14-29-24(33)19-11-20(16-10-17(27)13-28-12-16)31-26-22(19)23(32-36-26)15-6-4-3-5-7-15/h3-13H,14H2,1-2H3,(H,29,33). The van der Waals surface area contributed by atoms with Gasteiger partial charge in [0.2, 0.25) is 0 Å². The van der Waals surface area contributed by atoms with Gasteiger partial charge < -0.3 is 19.3 Å². The summed E-state index contributed by atoms with van der Waals surface area (Å²) in [6.45, 7) is 0.169. The first-order valence-corrected chi connectivity index (χ1v) is 11.7. The summed E-state index contributed by atoms with van der Waals surface area (Å²) in [4.78, 5) is 26.8. The number of hydrogen-bond donors (Lipinski definition) is 1. The van der Waals surface area contributed by atoms with Crippen molar-refractivity contribution in [2.45, 2.75) is 6.54 Å². The van der Waals surface area contributed by atoms with Gasteiger partial charge in [-0.1, -0.05) is 35.5 Å². The minimum atomic E-state index is -0.330. The maximum absolute atomic E-state index is 13.5. The van der Waals surface area contributed by atoms with E-state index in [1.165, 1.54) is 14.2 Å². The highest BCUT2D eigenvalue weighted by molar-refractivity contribution is 9.10. The van der Waals surface area contributed by atoms with Gasteiger partial charge >= 0.3 is 0 Å². The Balaban J connectivity index is 1.56. The first kappa shape index (κ1) is 23.4. The van der Waals surface area contributed by atoms with Gasteiger partial charge in [0.15, 0.2) is 5.75 Å². The lowest BCUT2D eigenvalue weighted by atomic mass is 10.0. The maximum Gasteiger partial charge on any atom is 0.259 e. The molecule has 0 saturated heterocycles. The summed E-state index contributed by atoms with van der Waals surface area (Å²) in [6, 6.07) is 16.6. The lowest BCUT2D eigenvalue weighted by molar-refractivity contribution is 0.0952. The van der Waals surface area contributed by atoms with E-state index < -0.39 is 0 Å². The Morgan fingerprint density at radius 3 is 2.58 bits per heavy atom. The molecule has 4 heterocycles. The zero-order valence-corrected chi connectivity index (χ0v) is 20.9. The number of nitrogens with zero attached hydrogens (tertiary/aromatic N) is 4. The zero-order valence-electron chi connectivity index (χ0n) is 19.4. The van der Waals surface area contributed by atoms with Gasteiger partial charge in [-0.2, -0.15) is 0 Å². The molecule has 0 aliphatic carbocycles. The molecule has 4 aromatic heterocycles. The molecule has 5 rings (SSSR count). The predicted molar refractivity (Wildman–Crippen MR) is 137 cm³/mol. The third-order valence-corrected chi connectivity index (χ3v) is 5.90. The Hall–Kier alpha value is -4.31. The second kappa shape index (κ2) is 10.1. The van der Waals surface area contributed by atoms with Crippen molar-refractivity contribution >= 4 is 32.9 Å². The number of carbonyl (C=O) groups excluding carboxylic acids is 1. The van der Waals surface area contributed by atoms with Crippen molar-refractivity contribution in [2.75, 3.05) is 14.2 Å². The lowest BCUT2D eigenvalue weighted by Crippen LogP contribution is -2.24. The number of methoxy groups -OCH3 is 2. The first-order chi connectivity index (χ1) is 17.6. The van der Waals surface area contributed by atoms with Crippen molar-refractivity contribution in [3.63, 3.8) is 0 Å². The molecule has 0 aliphatic heterocycles. The molecule has 0 unspecified atom stereocenters. The summed E-state index contributed by atoms with van der Waals surface area (Å²) in [5.74, 6) is 0.515. The fourth-order valence-corrected chi connectivity index (χ4v) is 4.12. The third-order valence-electron chi connectivity index (χ3n) is 5.47. The van der Waals surface area contributed by atoms with Gasteiger partial charge in [0.05, 0.1) is 43.1 Å². The molecule has 1 amide bonds. The average molecular weight is 546 g/mol. The van der Waals surface area contributed by atoms with Gasteiger partial charge in [-0.3, -0.25) is 9.78 Å². The van der Waals surface area contributed by atoms with E-state index in [-0.39, 0.29) is 18.2 Å². The Bertz CT molecular complexity index is 1560. The quantitative estimate of drug-likeness (QED) is 0.302. The number of fused-ring (bicyclic) bond motifs is 1. The van der Waals surface area contributed by atoms with Crippen LogP contribution in [0.4, 0.5) is 0 Å². The van der Waals surface area contributed by atoms with Crippen LogP contribution in [0.3, 0.4) is 0 Å². The maximum atomic E-state index is 13.5. The highest BCUT2D eigenvalue weighted by Crippen LogP contribution is 2.33. The fraction of sp³-hybridized carbons (Fsp3) is 0.115. The van der Waals surface area contributed by atoms with Gasteiger partial charge in [0.25, 0.3) is 17.5 Å². The molecule has 0 saturated carbocycles. The molecule has 1 N–H and O–H groups in total. The van der Waals surface area contributed by atoms with Crippen molar-refractivity contribution in [3.05, 3.63) is 82.7 Å². The second-order valence-corrected chi connectivity index (χ2v) is 8.64. The number of rotatable bonds is 7. The SMILES string of the molecule is COc1ccc(CNC(=O)c2cc(-c3cncc(Br)c3)nc3onc(-c4ccccc4)c23)nc1OC. The van der Waals surface area contributed by atoms with Crippen LogP contribution in [0.2, 0.25) is 0 Å². The van der Waals surface area contributed by atoms with Crippen LogP contribution in [-0.4, -0.2) is 40.2 Å². The Morgan fingerprint density at radius 2 is 1.83 bits per heavy atom. The van der Waals surface area contributed by atoms with Crippen LogP contribution in [0.25, 0.3) is 33.6 Å². The van der Waals surface area contributed by atoms with E-state index in [4.69, 9.17) is 14.0 Å². The number of carbonyl (C=O) groups is 1. The van der Waals surface area contributed by atoms with Crippen molar-refractivity contribution in [2.24, 2.45) is 0 Å². The molecule has 1 aromatic carbocycles. The molecular formula is C26H20BrN5O4. The van der Waals surface area contributed by atoms with Gasteiger partial charge in [0.1, 0.15) is 5.69 Å². The molecule has 36 heavy (non-hydrogen) atoms. The number of ether oxygens (including phenoxy) is 2. The molecule has 0 spiro atoms. The molecule has 0 atom stereocenters. The minimum Gasteiger partial charge on any atom is -0.491 e. The zero-order chi connectivity index (χ0) is 25.1. The van der Waals surface area contributed by atoms with Gasteiger partial charge in [0, 0.05) is 28.0 Å². The van der Waals surface area contributed by atoms with Crippen LogP contribution in [-0.2, 0) is 6.54 Å². The number of aromatic nitrogens is 4. The van der Waals surface area contributed by atoms with Crippen LogP contribution < -0.4 is 14.8 Å². The molecule has 180 valence electrons. The summed E-state index contributed by atoms with van der Waals surface area (Å²) < 4.78 is 16.9. The van der Waals surface area contributed by atoms with E-state index in [1.54, 1.807) is 30.6 Å². The summed E-state index contributed by atoms with van der Waals surface area (Å²) >= 11 is 3.43. The van der Waals surface area contributed by atoms with Crippen LogP contribution in [0.15, 0.2) is 76.0 Å². The average Bonchev–Trinajstić information content (AvgIpc) is 3.35. The molecule has 9 nitrogen and oxygen atoms in total. The minimum absolute atomic E-state index is 0.169. The number of benzene rings is 1. The third kappa shape index (κ3) is 4.63. The van der Waals surface area contributed by atoms with Gasteiger partial charge in [-0.05, 0) is 40.2 Å². The summed E-state index contributed by atoms with van der Waals surface area (Å²) in [5.41, 5.74) is 3.82. The normalized spacial score (nSPS) is 10.9. The summed E-state index contributed by atoms with van der Waals surface area (Å²) in [7, 11) is 3.05. The number of amides is 1. The predicted octanol–water partition coefficient (Wildman–Crippen LogP) is 5.06. The van der Waals surface area contributed by atoms with E-state index in [1.807, 2.05) is 36.4 Å². The topological polar surface area (TPSA) is 112 Å². The van der Waals surface area contributed by atoms with Crippen molar-refractivity contribution in [3.8, 4) is 34.1 Å². The lowest BCUT2D eigenvalue weighted by Gasteiger charge is -2.11. The Labute approximate surface area is 214 Å². The van der Waals surface area contributed by atoms with E-state index in [2.05, 4.69) is 41.4 Å². The summed E-state index contributed by atoms with van der Waals surface area (Å²) in [5, 5.41) is 7.69. The largest absolute Gasteiger partial charge is 0.491 e.